The lowest BCUT2D eigenvalue weighted by Crippen LogP contribution is -2.31. The molecule has 0 fully saturated rings. The quantitative estimate of drug-likeness (QED) is 0.694. The number of nitrogens with one attached hydrogen (secondary N) is 3. The van der Waals surface area contributed by atoms with Crippen molar-refractivity contribution in [3.8, 4) is 0 Å². The molecule has 128 valence electrons. The smallest absolute Gasteiger partial charge is 0.240 e. The molecule has 1 amide bonds. The number of hydrazone groups is 1. The number of amides is 1. The summed E-state index contributed by atoms with van der Waals surface area (Å²) in [6, 6.07) is 14.0. The highest BCUT2D eigenvalue weighted by atomic mass is 16.3. The minimum Gasteiger partial charge on any atom is -0.392 e. The van der Waals surface area contributed by atoms with Gasteiger partial charge in [-0.15, -0.1) is 0 Å². The highest BCUT2D eigenvalue weighted by Gasteiger charge is 2.25. The number of rotatable bonds is 3. The molecule has 0 aliphatic carbocycles. The maximum Gasteiger partial charge on any atom is 0.240 e. The molecular formula is C19H20N4O2. The Bertz CT molecular complexity index is 845. The number of aliphatic hydroxyl groups excluding tert-OH is 1. The van der Waals surface area contributed by atoms with E-state index < -0.39 is 0 Å². The molecule has 2 atom stereocenters. The van der Waals surface area contributed by atoms with Crippen LogP contribution in [0, 0.1) is 5.92 Å². The van der Waals surface area contributed by atoms with E-state index in [9.17, 15) is 4.79 Å². The maximum absolute atomic E-state index is 11.4. The second-order valence-electron chi connectivity index (χ2n) is 6.52. The van der Waals surface area contributed by atoms with Crippen molar-refractivity contribution in [1.29, 1.82) is 0 Å². The van der Waals surface area contributed by atoms with Gasteiger partial charge in [-0.2, -0.15) is 5.10 Å². The summed E-state index contributed by atoms with van der Waals surface area (Å²) < 4.78 is 0. The first-order valence-electron chi connectivity index (χ1n) is 8.37. The van der Waals surface area contributed by atoms with Gasteiger partial charge in [0.15, 0.2) is 0 Å². The number of nitrogens with zero attached hydrogens (tertiary/aromatic N) is 1. The van der Waals surface area contributed by atoms with Crippen molar-refractivity contribution in [2.45, 2.75) is 26.1 Å². The van der Waals surface area contributed by atoms with Crippen LogP contribution in [0.1, 0.15) is 36.2 Å². The standard InChI is InChI=1S/C19H20N4O2/c1-11-8-17(25)22-23-18(11)14-6-7-15-16(9-14)21-19(20-15)13-4-2-12(10-24)3-5-13/h2-7,9,11,19-21,24H,8,10H2,1H3,(H,22,25). The molecule has 4 N–H and O–H groups in total. The van der Waals surface area contributed by atoms with Crippen LogP contribution in [-0.4, -0.2) is 16.7 Å². The van der Waals surface area contributed by atoms with Crippen molar-refractivity contribution in [2.24, 2.45) is 11.0 Å². The van der Waals surface area contributed by atoms with E-state index in [1.807, 2.05) is 43.3 Å². The van der Waals surface area contributed by atoms with Gasteiger partial charge in [0, 0.05) is 17.9 Å². The van der Waals surface area contributed by atoms with E-state index in [0.717, 1.165) is 33.8 Å². The topological polar surface area (TPSA) is 85.8 Å². The highest BCUT2D eigenvalue weighted by Crippen LogP contribution is 2.36. The van der Waals surface area contributed by atoms with Gasteiger partial charge in [0.25, 0.3) is 0 Å². The molecule has 0 bridgehead atoms. The van der Waals surface area contributed by atoms with Crippen molar-refractivity contribution in [2.75, 3.05) is 10.6 Å². The van der Waals surface area contributed by atoms with Crippen molar-refractivity contribution < 1.29 is 9.90 Å². The Balaban J connectivity index is 1.57. The Kier molecular flexibility index (Phi) is 3.89. The fourth-order valence-electron chi connectivity index (χ4n) is 3.28. The Morgan fingerprint density at radius 1 is 1.12 bits per heavy atom. The molecule has 0 spiro atoms. The van der Waals surface area contributed by atoms with Gasteiger partial charge in [0.2, 0.25) is 5.91 Å². The Labute approximate surface area is 146 Å². The van der Waals surface area contributed by atoms with Gasteiger partial charge in [-0.25, -0.2) is 5.43 Å². The molecule has 2 aliphatic rings. The minimum absolute atomic E-state index is 0.0107. The average Bonchev–Trinajstić information content (AvgIpc) is 3.05. The lowest BCUT2D eigenvalue weighted by atomic mass is 9.94. The molecule has 0 radical (unpaired) electrons. The zero-order valence-electron chi connectivity index (χ0n) is 13.9. The van der Waals surface area contributed by atoms with E-state index >= 15 is 0 Å². The highest BCUT2D eigenvalue weighted by molar-refractivity contribution is 6.06. The number of hydrogen-bond acceptors (Lipinski definition) is 5. The molecule has 6 nitrogen and oxygen atoms in total. The largest absolute Gasteiger partial charge is 0.392 e. The first-order valence-corrected chi connectivity index (χ1v) is 8.37. The Morgan fingerprint density at radius 3 is 2.60 bits per heavy atom. The van der Waals surface area contributed by atoms with Gasteiger partial charge in [0.1, 0.15) is 6.17 Å². The molecule has 0 saturated carbocycles. The van der Waals surface area contributed by atoms with E-state index in [2.05, 4.69) is 27.2 Å². The Morgan fingerprint density at radius 2 is 1.88 bits per heavy atom. The minimum atomic E-state index is -0.0383. The summed E-state index contributed by atoms with van der Waals surface area (Å²) in [7, 11) is 0. The molecule has 2 heterocycles. The summed E-state index contributed by atoms with van der Waals surface area (Å²) in [5.74, 6) is 0.0616. The van der Waals surface area contributed by atoms with E-state index in [1.165, 1.54) is 0 Å². The molecule has 6 heteroatoms. The second-order valence-corrected chi connectivity index (χ2v) is 6.52. The van der Waals surface area contributed by atoms with Crippen molar-refractivity contribution in [1.82, 2.24) is 5.43 Å². The number of anilines is 2. The lowest BCUT2D eigenvalue weighted by Gasteiger charge is -2.19. The fraction of sp³-hybridized carbons (Fsp3) is 0.263. The van der Waals surface area contributed by atoms with Crippen LogP contribution >= 0.6 is 0 Å². The molecular weight excluding hydrogens is 316 g/mol. The fourth-order valence-corrected chi connectivity index (χ4v) is 3.28. The summed E-state index contributed by atoms with van der Waals surface area (Å²) >= 11 is 0. The lowest BCUT2D eigenvalue weighted by molar-refractivity contribution is -0.121. The van der Waals surface area contributed by atoms with Gasteiger partial charge < -0.3 is 15.7 Å². The predicted octanol–water partition coefficient (Wildman–Crippen LogP) is 2.58. The third-order valence-electron chi connectivity index (χ3n) is 4.67. The van der Waals surface area contributed by atoms with Crippen molar-refractivity contribution >= 4 is 23.0 Å². The Hall–Kier alpha value is -2.86. The van der Waals surface area contributed by atoms with Crippen LogP contribution in [0.15, 0.2) is 47.6 Å². The number of hydrogen-bond donors (Lipinski definition) is 4. The number of fused-ring (bicyclic) bond motifs is 1. The molecule has 4 rings (SSSR count). The summed E-state index contributed by atoms with van der Waals surface area (Å²) in [5.41, 5.74) is 8.53. The van der Waals surface area contributed by atoms with Crippen LogP contribution in [0.3, 0.4) is 0 Å². The molecule has 0 aromatic heterocycles. The zero-order chi connectivity index (χ0) is 17.4. The van der Waals surface area contributed by atoms with Crippen LogP contribution in [0.2, 0.25) is 0 Å². The number of carbonyl (C=O) groups excluding carboxylic acids is 1. The third kappa shape index (κ3) is 2.96. The first-order chi connectivity index (χ1) is 12.1. The first kappa shape index (κ1) is 15.7. The molecule has 2 aliphatic heterocycles. The van der Waals surface area contributed by atoms with Crippen molar-refractivity contribution in [3.63, 3.8) is 0 Å². The maximum atomic E-state index is 11.4. The van der Waals surface area contributed by atoms with E-state index in [-0.39, 0.29) is 24.6 Å². The number of aliphatic hydroxyl groups is 1. The SMILES string of the molecule is CC1CC(=O)NN=C1c1ccc2c(c1)NC(c1ccc(CO)cc1)N2. The van der Waals surface area contributed by atoms with E-state index in [1.54, 1.807) is 0 Å². The monoisotopic (exact) mass is 336 g/mol. The van der Waals surface area contributed by atoms with E-state index in [0.29, 0.717) is 6.42 Å². The molecule has 2 aromatic rings. The molecule has 2 aromatic carbocycles. The van der Waals surface area contributed by atoms with Crippen LogP contribution in [0.5, 0.6) is 0 Å². The van der Waals surface area contributed by atoms with Gasteiger partial charge in [-0.05, 0) is 23.3 Å². The van der Waals surface area contributed by atoms with Crippen LogP contribution in [0.25, 0.3) is 0 Å². The number of carbonyl (C=O) groups is 1. The van der Waals surface area contributed by atoms with Gasteiger partial charge in [-0.3, -0.25) is 4.79 Å². The molecule has 2 unspecified atom stereocenters. The summed E-state index contributed by atoms with van der Waals surface area (Å²) in [6.45, 7) is 2.06. The zero-order valence-corrected chi connectivity index (χ0v) is 13.9. The van der Waals surface area contributed by atoms with Gasteiger partial charge >= 0.3 is 0 Å². The number of benzene rings is 2. The third-order valence-corrected chi connectivity index (χ3v) is 4.67. The summed E-state index contributed by atoms with van der Waals surface area (Å²) in [4.78, 5) is 11.4. The second kappa shape index (κ2) is 6.22. The van der Waals surface area contributed by atoms with Crippen LogP contribution in [-0.2, 0) is 11.4 Å². The molecule has 0 saturated heterocycles. The van der Waals surface area contributed by atoms with Crippen LogP contribution in [0.4, 0.5) is 11.4 Å². The summed E-state index contributed by atoms with van der Waals surface area (Å²) in [5, 5.41) is 20.3. The van der Waals surface area contributed by atoms with E-state index in [4.69, 9.17) is 5.11 Å². The normalized spacial score (nSPS) is 21.7. The van der Waals surface area contributed by atoms with Gasteiger partial charge in [-0.1, -0.05) is 37.3 Å². The molecule has 25 heavy (non-hydrogen) atoms. The predicted molar refractivity (Wildman–Crippen MR) is 97.3 cm³/mol. The van der Waals surface area contributed by atoms with Crippen LogP contribution < -0.4 is 16.1 Å². The van der Waals surface area contributed by atoms with Gasteiger partial charge in [0.05, 0.1) is 23.7 Å². The average molecular weight is 336 g/mol. The van der Waals surface area contributed by atoms with Crippen molar-refractivity contribution in [3.05, 3.63) is 59.2 Å². The summed E-state index contributed by atoms with van der Waals surface area (Å²) in [6.07, 6.45) is 0.449.